The third-order valence-corrected chi connectivity index (χ3v) is 5.89. The first-order valence-electron chi connectivity index (χ1n) is 8.08. The molecule has 1 spiro atoms. The van der Waals surface area contributed by atoms with E-state index in [1.54, 1.807) is 7.05 Å². The molecule has 1 heterocycles. The lowest BCUT2D eigenvalue weighted by atomic mass is 9.54. The monoisotopic (exact) mass is 280 g/mol. The Bertz CT molecular complexity index is 388. The summed E-state index contributed by atoms with van der Waals surface area (Å²) in [6.07, 6.45) is 6.95. The smallest absolute Gasteiger partial charge is 0.226 e. The number of hydrogen-bond acceptors (Lipinski definition) is 3. The molecule has 0 aromatic heterocycles. The molecule has 4 nitrogen and oxygen atoms in total. The number of amides is 1. The first-order chi connectivity index (χ1) is 9.51. The van der Waals surface area contributed by atoms with Gasteiger partial charge in [0.1, 0.15) is 0 Å². The van der Waals surface area contributed by atoms with Gasteiger partial charge in [0.15, 0.2) is 0 Å². The van der Waals surface area contributed by atoms with E-state index in [4.69, 9.17) is 4.74 Å². The molecule has 3 unspecified atom stereocenters. The molecular weight excluding hydrogens is 252 g/mol. The van der Waals surface area contributed by atoms with Gasteiger partial charge >= 0.3 is 0 Å². The van der Waals surface area contributed by atoms with Gasteiger partial charge in [-0.3, -0.25) is 4.79 Å². The fourth-order valence-electron chi connectivity index (χ4n) is 4.79. The van der Waals surface area contributed by atoms with E-state index in [2.05, 4.69) is 10.6 Å². The third kappa shape index (κ3) is 2.00. The zero-order chi connectivity index (χ0) is 14.4. The molecule has 2 saturated carbocycles. The molecule has 3 atom stereocenters. The number of rotatable bonds is 4. The molecule has 1 amide bonds. The fourth-order valence-corrected chi connectivity index (χ4v) is 4.79. The summed E-state index contributed by atoms with van der Waals surface area (Å²) in [5, 5.41) is 6.51. The molecule has 1 saturated heterocycles. The van der Waals surface area contributed by atoms with Crippen LogP contribution >= 0.6 is 0 Å². The number of fused-ring (bicyclic) bond motifs is 2. The van der Waals surface area contributed by atoms with Crippen molar-refractivity contribution in [3.05, 3.63) is 0 Å². The fraction of sp³-hybridized carbons (Fsp3) is 0.938. The summed E-state index contributed by atoms with van der Waals surface area (Å²) < 4.78 is 6.00. The summed E-state index contributed by atoms with van der Waals surface area (Å²) in [6.45, 7) is 5.71. The van der Waals surface area contributed by atoms with Gasteiger partial charge in [0.05, 0.1) is 11.5 Å². The Morgan fingerprint density at radius 1 is 1.35 bits per heavy atom. The highest BCUT2D eigenvalue weighted by atomic mass is 16.5. The van der Waals surface area contributed by atoms with Crippen molar-refractivity contribution in [3.8, 4) is 0 Å². The first kappa shape index (κ1) is 14.3. The van der Waals surface area contributed by atoms with E-state index in [0.29, 0.717) is 23.5 Å². The molecule has 1 aliphatic heterocycles. The minimum atomic E-state index is -0.348. The van der Waals surface area contributed by atoms with E-state index in [9.17, 15) is 4.79 Å². The van der Waals surface area contributed by atoms with Crippen molar-refractivity contribution in [2.24, 2.45) is 16.7 Å². The molecule has 2 N–H and O–H groups in total. The molecule has 4 heteroatoms. The highest BCUT2D eigenvalue weighted by molar-refractivity contribution is 5.81. The SMILES string of the molecule is CNC(=O)C(C)(C)CNC1C2CCOC2C12CCCC2. The van der Waals surface area contributed by atoms with Gasteiger partial charge in [-0.1, -0.05) is 12.8 Å². The number of hydrogen-bond donors (Lipinski definition) is 2. The van der Waals surface area contributed by atoms with Crippen molar-refractivity contribution < 1.29 is 9.53 Å². The predicted molar refractivity (Wildman–Crippen MR) is 78.4 cm³/mol. The number of carbonyl (C=O) groups is 1. The van der Waals surface area contributed by atoms with Crippen molar-refractivity contribution in [2.45, 2.75) is 58.1 Å². The zero-order valence-electron chi connectivity index (χ0n) is 13.0. The number of carbonyl (C=O) groups excluding carboxylic acids is 1. The van der Waals surface area contributed by atoms with Crippen LogP contribution in [0.2, 0.25) is 0 Å². The Hall–Kier alpha value is -0.610. The van der Waals surface area contributed by atoms with Crippen LogP contribution in [0.15, 0.2) is 0 Å². The number of ether oxygens (including phenoxy) is 1. The van der Waals surface area contributed by atoms with Crippen molar-refractivity contribution >= 4 is 5.91 Å². The van der Waals surface area contributed by atoms with Crippen LogP contribution in [0.3, 0.4) is 0 Å². The van der Waals surface area contributed by atoms with Gasteiger partial charge in [0, 0.05) is 37.6 Å². The summed E-state index contributed by atoms with van der Waals surface area (Å²) in [5.41, 5.74) is 0.0268. The van der Waals surface area contributed by atoms with Crippen molar-refractivity contribution in [1.82, 2.24) is 10.6 Å². The Morgan fingerprint density at radius 2 is 2.05 bits per heavy atom. The quantitative estimate of drug-likeness (QED) is 0.824. The van der Waals surface area contributed by atoms with E-state index in [1.807, 2.05) is 13.8 Å². The second-order valence-electron chi connectivity index (χ2n) is 7.51. The van der Waals surface area contributed by atoms with Gasteiger partial charge < -0.3 is 15.4 Å². The van der Waals surface area contributed by atoms with Crippen molar-refractivity contribution in [2.75, 3.05) is 20.2 Å². The minimum absolute atomic E-state index is 0.115. The van der Waals surface area contributed by atoms with Gasteiger partial charge in [-0.25, -0.2) is 0 Å². The van der Waals surface area contributed by atoms with Crippen LogP contribution in [0, 0.1) is 16.7 Å². The molecule has 20 heavy (non-hydrogen) atoms. The second-order valence-corrected chi connectivity index (χ2v) is 7.51. The van der Waals surface area contributed by atoms with Gasteiger partial charge in [0.2, 0.25) is 5.91 Å². The van der Waals surface area contributed by atoms with Crippen molar-refractivity contribution in [1.29, 1.82) is 0 Å². The molecule has 0 radical (unpaired) electrons. The van der Waals surface area contributed by atoms with Gasteiger partial charge in [0.25, 0.3) is 0 Å². The summed E-state index contributed by atoms with van der Waals surface area (Å²) in [6, 6.07) is 0.557. The summed E-state index contributed by atoms with van der Waals surface area (Å²) in [4.78, 5) is 11.9. The van der Waals surface area contributed by atoms with Gasteiger partial charge in [-0.2, -0.15) is 0 Å². The topological polar surface area (TPSA) is 50.4 Å². The maximum absolute atomic E-state index is 11.9. The standard InChI is InChI=1S/C16H28N2O2/c1-15(2,14(19)17-3)10-18-12-11-6-9-20-13(11)16(12)7-4-5-8-16/h11-13,18H,4-10H2,1-3H3,(H,17,19). The highest BCUT2D eigenvalue weighted by Gasteiger charge is 2.64. The van der Waals surface area contributed by atoms with Gasteiger partial charge in [-0.15, -0.1) is 0 Å². The summed E-state index contributed by atoms with van der Waals surface area (Å²) in [5.74, 6) is 0.789. The average molecular weight is 280 g/mol. The van der Waals surface area contributed by atoms with E-state index in [-0.39, 0.29) is 11.3 Å². The molecule has 3 aliphatic rings. The lowest BCUT2D eigenvalue weighted by Gasteiger charge is -2.57. The molecule has 2 aliphatic carbocycles. The van der Waals surface area contributed by atoms with E-state index in [1.165, 1.54) is 32.1 Å². The predicted octanol–water partition coefficient (Wildman–Crippen LogP) is 1.70. The third-order valence-electron chi connectivity index (χ3n) is 5.89. The maximum Gasteiger partial charge on any atom is 0.226 e. The van der Waals surface area contributed by atoms with Crippen LogP contribution in [0.25, 0.3) is 0 Å². The van der Waals surface area contributed by atoms with E-state index in [0.717, 1.165) is 13.2 Å². The second kappa shape index (κ2) is 4.99. The molecule has 3 fully saturated rings. The lowest BCUT2D eigenvalue weighted by molar-refractivity contribution is -0.137. The summed E-state index contributed by atoms with van der Waals surface area (Å²) in [7, 11) is 1.72. The Morgan fingerprint density at radius 3 is 2.70 bits per heavy atom. The average Bonchev–Trinajstić information content (AvgIpc) is 3.04. The van der Waals surface area contributed by atoms with E-state index >= 15 is 0 Å². The van der Waals surface area contributed by atoms with Crippen molar-refractivity contribution in [3.63, 3.8) is 0 Å². The molecule has 114 valence electrons. The minimum Gasteiger partial charge on any atom is -0.377 e. The Kier molecular flexibility index (Phi) is 3.57. The summed E-state index contributed by atoms with van der Waals surface area (Å²) >= 11 is 0. The molecule has 0 aromatic carbocycles. The lowest BCUT2D eigenvalue weighted by Crippen LogP contribution is -2.68. The first-order valence-corrected chi connectivity index (χ1v) is 8.08. The molecule has 3 rings (SSSR count). The maximum atomic E-state index is 11.9. The van der Waals surface area contributed by atoms with Crippen LogP contribution in [0.5, 0.6) is 0 Å². The van der Waals surface area contributed by atoms with Crippen LogP contribution in [-0.4, -0.2) is 38.3 Å². The molecular formula is C16H28N2O2. The Balaban J connectivity index is 1.66. The normalized spacial score (nSPS) is 34.9. The Labute approximate surface area is 122 Å². The van der Waals surface area contributed by atoms with Crippen LogP contribution < -0.4 is 10.6 Å². The largest absolute Gasteiger partial charge is 0.377 e. The van der Waals surface area contributed by atoms with Crippen LogP contribution in [-0.2, 0) is 9.53 Å². The van der Waals surface area contributed by atoms with Crippen LogP contribution in [0.4, 0.5) is 0 Å². The zero-order valence-corrected chi connectivity index (χ0v) is 13.0. The molecule has 0 bridgehead atoms. The van der Waals surface area contributed by atoms with Gasteiger partial charge in [-0.05, 0) is 33.1 Å². The van der Waals surface area contributed by atoms with E-state index < -0.39 is 0 Å². The van der Waals surface area contributed by atoms with Crippen LogP contribution in [0.1, 0.15) is 46.0 Å². The highest BCUT2D eigenvalue weighted by Crippen LogP contribution is 2.60. The number of nitrogens with one attached hydrogen (secondary N) is 2. The molecule has 0 aromatic rings.